The van der Waals surface area contributed by atoms with Crippen LogP contribution in [0.25, 0.3) is 0 Å². The topological polar surface area (TPSA) is 114 Å². The Morgan fingerprint density at radius 1 is 1.22 bits per heavy atom. The quantitative estimate of drug-likeness (QED) is 0.429. The molecule has 0 bridgehead atoms. The van der Waals surface area contributed by atoms with E-state index in [1.165, 1.54) is 37.3 Å². The van der Waals surface area contributed by atoms with Crippen LogP contribution in [0.3, 0.4) is 0 Å². The first-order valence-electron chi connectivity index (χ1n) is 7.84. The molecule has 0 spiro atoms. The third kappa shape index (κ3) is 9.40. The second kappa shape index (κ2) is 11.7. The van der Waals surface area contributed by atoms with Crippen LogP contribution in [0.2, 0.25) is 0 Å². The molecule has 3 N–H and O–H groups in total. The van der Waals surface area contributed by atoms with Crippen molar-refractivity contribution >= 4 is 41.3 Å². The summed E-state index contributed by atoms with van der Waals surface area (Å²) in [6.45, 7) is 4.49. The average molecular weight is 397 g/mol. The van der Waals surface area contributed by atoms with E-state index in [4.69, 9.17) is 4.74 Å². The highest BCUT2D eigenvalue weighted by atomic mass is 32.2. The zero-order valence-corrected chi connectivity index (χ0v) is 15.4. The lowest BCUT2D eigenvalue weighted by Gasteiger charge is -2.11. The van der Waals surface area contributed by atoms with Gasteiger partial charge in [0.25, 0.3) is 5.91 Å². The van der Waals surface area contributed by atoms with Gasteiger partial charge in [0.15, 0.2) is 6.61 Å². The van der Waals surface area contributed by atoms with E-state index in [0.717, 1.165) is 11.8 Å². The first-order valence-corrected chi connectivity index (χ1v) is 8.89. The van der Waals surface area contributed by atoms with E-state index in [0.29, 0.717) is 5.69 Å². The fourth-order valence-corrected chi connectivity index (χ4v) is 2.30. The number of hydrogen-bond donors (Lipinski definition) is 3. The molecule has 0 heterocycles. The van der Waals surface area contributed by atoms with E-state index in [9.17, 15) is 23.6 Å². The summed E-state index contributed by atoms with van der Waals surface area (Å²) in [5.41, 5.74) is 0.434. The van der Waals surface area contributed by atoms with Gasteiger partial charge < -0.3 is 15.4 Å². The van der Waals surface area contributed by atoms with Gasteiger partial charge in [0.1, 0.15) is 11.1 Å². The molecule has 0 aliphatic rings. The summed E-state index contributed by atoms with van der Waals surface area (Å²) >= 11 is 1.01. The van der Waals surface area contributed by atoms with Crippen LogP contribution in [0.1, 0.15) is 6.92 Å². The fraction of sp³-hybridized carbons (Fsp3) is 0.294. The number of ether oxygens (including phenoxy) is 1. The van der Waals surface area contributed by atoms with Crippen molar-refractivity contribution < 1.29 is 28.3 Å². The van der Waals surface area contributed by atoms with E-state index < -0.39 is 35.6 Å². The van der Waals surface area contributed by atoms with E-state index in [1.54, 1.807) is 0 Å². The highest BCUT2D eigenvalue weighted by Gasteiger charge is 2.18. The van der Waals surface area contributed by atoms with Crippen molar-refractivity contribution in [2.24, 2.45) is 0 Å². The summed E-state index contributed by atoms with van der Waals surface area (Å²) in [6.07, 6.45) is 1.44. The van der Waals surface area contributed by atoms with Crippen LogP contribution in [-0.4, -0.2) is 48.0 Å². The van der Waals surface area contributed by atoms with Gasteiger partial charge >= 0.3 is 12.0 Å². The summed E-state index contributed by atoms with van der Waals surface area (Å²) in [5.74, 6) is -2.31. The molecule has 0 aromatic heterocycles. The number of esters is 1. The Kier molecular flexibility index (Phi) is 9.59. The Morgan fingerprint density at radius 2 is 1.89 bits per heavy atom. The molecule has 8 nitrogen and oxygen atoms in total. The molecule has 0 saturated heterocycles. The zero-order chi connectivity index (χ0) is 20.2. The van der Waals surface area contributed by atoms with Crippen LogP contribution in [-0.2, 0) is 19.1 Å². The Hall–Kier alpha value is -2.88. The lowest BCUT2D eigenvalue weighted by Crippen LogP contribution is -2.41. The number of rotatable bonds is 9. The summed E-state index contributed by atoms with van der Waals surface area (Å²) < 4.78 is 17.6. The van der Waals surface area contributed by atoms with Crippen LogP contribution in [0.15, 0.2) is 36.9 Å². The molecule has 0 saturated carbocycles. The summed E-state index contributed by atoms with van der Waals surface area (Å²) in [5, 5.41) is 6.16. The molecule has 146 valence electrons. The number of hydrogen-bond acceptors (Lipinski definition) is 6. The van der Waals surface area contributed by atoms with Crippen LogP contribution >= 0.6 is 11.8 Å². The number of halogens is 1. The largest absolute Gasteiger partial charge is 0.455 e. The first kappa shape index (κ1) is 22.2. The molecule has 1 unspecified atom stereocenters. The smallest absolute Gasteiger partial charge is 0.321 e. The minimum absolute atomic E-state index is 0.0379. The maximum Gasteiger partial charge on any atom is 0.321 e. The van der Waals surface area contributed by atoms with Crippen molar-refractivity contribution in [3.63, 3.8) is 0 Å². The van der Waals surface area contributed by atoms with Crippen LogP contribution < -0.4 is 16.0 Å². The van der Waals surface area contributed by atoms with Crippen LogP contribution in [0.4, 0.5) is 14.9 Å². The summed E-state index contributed by atoms with van der Waals surface area (Å²) in [6, 6.07) is 4.53. The molecular formula is C17H20FN3O5S. The Balaban J connectivity index is 2.27. The molecule has 1 rings (SSSR count). The van der Waals surface area contributed by atoms with E-state index >= 15 is 0 Å². The van der Waals surface area contributed by atoms with Crippen molar-refractivity contribution in [1.82, 2.24) is 10.6 Å². The number of thioether (sulfide) groups is 1. The van der Waals surface area contributed by atoms with Crippen molar-refractivity contribution in [1.29, 1.82) is 0 Å². The molecule has 1 atom stereocenters. The van der Waals surface area contributed by atoms with Gasteiger partial charge in [-0.2, -0.15) is 0 Å². The second-order valence-electron chi connectivity index (χ2n) is 5.16. The van der Waals surface area contributed by atoms with Crippen molar-refractivity contribution in [3.8, 4) is 0 Å². The molecule has 4 amide bonds. The van der Waals surface area contributed by atoms with Gasteiger partial charge in [0, 0.05) is 12.2 Å². The highest BCUT2D eigenvalue weighted by molar-refractivity contribution is 8.01. The van der Waals surface area contributed by atoms with Crippen LogP contribution in [0.5, 0.6) is 0 Å². The van der Waals surface area contributed by atoms with Gasteiger partial charge in [-0.25, -0.2) is 9.18 Å². The third-order valence-electron chi connectivity index (χ3n) is 2.93. The predicted octanol–water partition coefficient (Wildman–Crippen LogP) is 1.44. The molecule has 0 radical (unpaired) electrons. The van der Waals surface area contributed by atoms with Gasteiger partial charge in [-0.05, 0) is 31.2 Å². The summed E-state index contributed by atoms with van der Waals surface area (Å²) in [7, 11) is 0. The number of carbonyl (C=O) groups is 4. The number of anilines is 1. The van der Waals surface area contributed by atoms with Gasteiger partial charge in [0.2, 0.25) is 5.91 Å². The molecular weight excluding hydrogens is 377 g/mol. The lowest BCUT2D eigenvalue weighted by atomic mass is 10.3. The van der Waals surface area contributed by atoms with Gasteiger partial charge in [-0.15, -0.1) is 18.3 Å². The predicted molar refractivity (Wildman–Crippen MR) is 99.6 cm³/mol. The molecule has 0 aliphatic heterocycles. The number of carbonyl (C=O) groups excluding carboxylic acids is 4. The number of imide groups is 1. The molecule has 1 aromatic carbocycles. The van der Waals surface area contributed by atoms with E-state index in [-0.39, 0.29) is 18.2 Å². The number of amides is 4. The molecule has 27 heavy (non-hydrogen) atoms. The van der Waals surface area contributed by atoms with Crippen LogP contribution in [0, 0.1) is 5.82 Å². The molecule has 10 heteroatoms. The summed E-state index contributed by atoms with van der Waals surface area (Å²) in [4.78, 5) is 46.3. The molecule has 0 fully saturated rings. The molecule has 1 aromatic rings. The Labute approximate surface area is 159 Å². The zero-order valence-electron chi connectivity index (χ0n) is 14.6. The standard InChI is InChI=1S/C17H20FN3O5S/c1-3-8-19-17(25)21-14(22)9-26-16(24)11(2)27-10-15(23)20-13-6-4-12(18)5-7-13/h3-7,11H,1,8-10H2,2H3,(H,20,23)(H2,19,21,22,25). The number of urea groups is 1. The monoisotopic (exact) mass is 397 g/mol. The van der Waals surface area contributed by atoms with Crippen molar-refractivity contribution in [2.45, 2.75) is 12.2 Å². The normalized spacial score (nSPS) is 11.0. The molecule has 0 aliphatic carbocycles. The fourth-order valence-electron chi connectivity index (χ4n) is 1.62. The first-order chi connectivity index (χ1) is 12.8. The lowest BCUT2D eigenvalue weighted by molar-refractivity contribution is -0.147. The van der Waals surface area contributed by atoms with E-state index in [2.05, 4.69) is 17.2 Å². The minimum Gasteiger partial charge on any atom is -0.455 e. The third-order valence-corrected chi connectivity index (χ3v) is 4.05. The maximum atomic E-state index is 12.8. The van der Waals surface area contributed by atoms with Gasteiger partial charge in [0.05, 0.1) is 5.75 Å². The number of benzene rings is 1. The Bertz CT molecular complexity index is 696. The Morgan fingerprint density at radius 3 is 2.52 bits per heavy atom. The number of nitrogens with one attached hydrogen (secondary N) is 3. The van der Waals surface area contributed by atoms with E-state index in [1.807, 2.05) is 5.32 Å². The SMILES string of the molecule is C=CCNC(=O)NC(=O)COC(=O)C(C)SCC(=O)Nc1ccc(F)cc1. The minimum atomic E-state index is -0.781. The van der Waals surface area contributed by atoms with Gasteiger partial charge in [-0.1, -0.05) is 6.08 Å². The second-order valence-corrected chi connectivity index (χ2v) is 6.49. The van der Waals surface area contributed by atoms with Crippen molar-refractivity contribution in [3.05, 3.63) is 42.7 Å². The van der Waals surface area contributed by atoms with Crippen molar-refractivity contribution in [2.75, 3.05) is 24.2 Å². The highest BCUT2D eigenvalue weighted by Crippen LogP contribution is 2.14. The average Bonchev–Trinajstić information content (AvgIpc) is 2.64. The van der Waals surface area contributed by atoms with Gasteiger partial charge in [-0.3, -0.25) is 19.7 Å². The maximum absolute atomic E-state index is 12.8.